The summed E-state index contributed by atoms with van der Waals surface area (Å²) in [6.07, 6.45) is 5.47. The van der Waals surface area contributed by atoms with Gasteiger partial charge in [0.2, 0.25) is 0 Å². The summed E-state index contributed by atoms with van der Waals surface area (Å²) in [5.41, 5.74) is 2.67. The van der Waals surface area contributed by atoms with E-state index in [4.69, 9.17) is 0 Å². The third-order valence-electron chi connectivity index (χ3n) is 0.982. The lowest BCUT2D eigenvalue weighted by Gasteiger charge is -1.89. The standard InChI is InChI=1S/C7H8N2/c1-2-3-6-9-7-4-5-8-9/h3-5,7H,1,6H2. The lowest BCUT2D eigenvalue weighted by atomic mass is 10.6. The predicted octanol–water partition coefficient (Wildman–Crippen LogP) is 1.22. The van der Waals surface area contributed by atoms with Crippen LogP contribution in [0.15, 0.2) is 36.8 Å². The molecule has 0 aliphatic heterocycles. The summed E-state index contributed by atoms with van der Waals surface area (Å²) < 4.78 is 1.80. The molecule has 2 heteroatoms. The summed E-state index contributed by atoms with van der Waals surface area (Å²) in [7, 11) is 0. The van der Waals surface area contributed by atoms with Crippen LogP contribution < -0.4 is 0 Å². The minimum atomic E-state index is 0.760. The maximum Gasteiger partial charge on any atom is 0.0663 e. The number of aromatic nitrogens is 2. The molecule has 0 fully saturated rings. The molecule has 9 heavy (non-hydrogen) atoms. The van der Waals surface area contributed by atoms with Gasteiger partial charge >= 0.3 is 0 Å². The van der Waals surface area contributed by atoms with Crippen LogP contribution in [0.3, 0.4) is 0 Å². The Labute approximate surface area is 54.1 Å². The lowest BCUT2D eigenvalue weighted by molar-refractivity contribution is 0.702. The summed E-state index contributed by atoms with van der Waals surface area (Å²) in [5.74, 6) is 0. The van der Waals surface area contributed by atoms with E-state index in [1.807, 2.05) is 18.3 Å². The zero-order valence-electron chi connectivity index (χ0n) is 5.12. The van der Waals surface area contributed by atoms with Crippen LogP contribution in [0.4, 0.5) is 0 Å². The lowest BCUT2D eigenvalue weighted by Crippen LogP contribution is -1.93. The van der Waals surface area contributed by atoms with E-state index in [1.54, 1.807) is 10.9 Å². The fourth-order valence-electron chi connectivity index (χ4n) is 0.567. The van der Waals surface area contributed by atoms with Crippen LogP contribution in [0.2, 0.25) is 0 Å². The number of allylic oxidation sites excluding steroid dienone is 1. The molecule has 0 radical (unpaired) electrons. The fraction of sp³-hybridized carbons (Fsp3) is 0.143. The molecule has 0 N–H and O–H groups in total. The zero-order valence-corrected chi connectivity index (χ0v) is 5.12. The van der Waals surface area contributed by atoms with E-state index in [0.717, 1.165) is 6.54 Å². The second-order valence-electron chi connectivity index (χ2n) is 1.64. The van der Waals surface area contributed by atoms with Crippen molar-refractivity contribution >= 4 is 0 Å². The molecule has 0 bridgehead atoms. The summed E-state index contributed by atoms with van der Waals surface area (Å²) >= 11 is 0. The highest BCUT2D eigenvalue weighted by Gasteiger charge is 1.80. The maximum absolute atomic E-state index is 3.97. The van der Waals surface area contributed by atoms with Crippen LogP contribution in [0.5, 0.6) is 0 Å². The zero-order chi connectivity index (χ0) is 6.53. The predicted molar refractivity (Wildman–Crippen MR) is 35.9 cm³/mol. The van der Waals surface area contributed by atoms with E-state index < -0.39 is 0 Å². The molecule has 0 spiro atoms. The Hall–Kier alpha value is -1.27. The van der Waals surface area contributed by atoms with Crippen LogP contribution in [-0.2, 0) is 6.54 Å². The summed E-state index contributed by atoms with van der Waals surface area (Å²) in [6, 6.07) is 1.89. The average molecular weight is 120 g/mol. The Morgan fingerprint density at radius 2 is 2.67 bits per heavy atom. The Balaban J connectivity index is 2.57. The highest BCUT2D eigenvalue weighted by molar-refractivity contribution is 4.82. The van der Waals surface area contributed by atoms with Gasteiger partial charge in [-0.15, -0.1) is 5.73 Å². The van der Waals surface area contributed by atoms with Crippen LogP contribution in [0, 0.1) is 0 Å². The van der Waals surface area contributed by atoms with E-state index in [1.165, 1.54) is 0 Å². The highest BCUT2D eigenvalue weighted by Crippen LogP contribution is 1.82. The van der Waals surface area contributed by atoms with Crippen LogP contribution in [-0.4, -0.2) is 9.78 Å². The SMILES string of the molecule is C=C=CCn1cccn1. The first-order chi connectivity index (χ1) is 4.43. The molecule has 0 aliphatic rings. The molecule has 0 unspecified atom stereocenters. The Bertz CT molecular complexity index is 205. The van der Waals surface area contributed by atoms with Gasteiger partial charge in [-0.1, -0.05) is 6.58 Å². The third kappa shape index (κ3) is 1.59. The van der Waals surface area contributed by atoms with Gasteiger partial charge in [0.1, 0.15) is 0 Å². The normalized spacial score (nSPS) is 8.44. The van der Waals surface area contributed by atoms with Crippen molar-refractivity contribution in [1.29, 1.82) is 0 Å². The highest BCUT2D eigenvalue weighted by atomic mass is 15.3. The van der Waals surface area contributed by atoms with Gasteiger partial charge in [0.15, 0.2) is 0 Å². The molecule has 0 saturated heterocycles. The number of hydrogen-bond acceptors (Lipinski definition) is 1. The van der Waals surface area contributed by atoms with Gasteiger partial charge in [0.25, 0.3) is 0 Å². The summed E-state index contributed by atoms with van der Waals surface area (Å²) in [4.78, 5) is 0. The van der Waals surface area contributed by atoms with Crippen molar-refractivity contribution in [2.75, 3.05) is 0 Å². The second-order valence-corrected chi connectivity index (χ2v) is 1.64. The molecule has 0 saturated carbocycles. The van der Waals surface area contributed by atoms with E-state index in [9.17, 15) is 0 Å². The third-order valence-corrected chi connectivity index (χ3v) is 0.982. The minimum Gasteiger partial charge on any atom is -0.268 e. The molecule has 2 nitrogen and oxygen atoms in total. The van der Waals surface area contributed by atoms with Gasteiger partial charge in [-0.3, -0.25) is 4.68 Å². The van der Waals surface area contributed by atoms with Crippen molar-refractivity contribution in [3.8, 4) is 0 Å². The van der Waals surface area contributed by atoms with Crippen molar-refractivity contribution in [2.45, 2.75) is 6.54 Å². The largest absolute Gasteiger partial charge is 0.268 e. The van der Waals surface area contributed by atoms with Gasteiger partial charge in [-0.2, -0.15) is 5.10 Å². The van der Waals surface area contributed by atoms with Gasteiger partial charge in [-0.05, 0) is 12.1 Å². The molecule has 0 amide bonds. The first kappa shape index (κ1) is 5.86. The van der Waals surface area contributed by atoms with Gasteiger partial charge < -0.3 is 0 Å². The molecule has 1 aromatic rings. The van der Waals surface area contributed by atoms with Crippen LogP contribution >= 0.6 is 0 Å². The number of rotatable bonds is 2. The number of nitrogens with zero attached hydrogens (tertiary/aromatic N) is 2. The van der Waals surface area contributed by atoms with Crippen molar-refractivity contribution in [1.82, 2.24) is 9.78 Å². The molecule has 1 heterocycles. The van der Waals surface area contributed by atoms with Crippen molar-refractivity contribution in [3.63, 3.8) is 0 Å². The molecule has 0 aliphatic carbocycles. The molecule has 1 rings (SSSR count). The summed E-state index contributed by atoms with van der Waals surface area (Å²) in [6.45, 7) is 4.20. The van der Waals surface area contributed by atoms with Gasteiger partial charge in [0.05, 0.1) is 6.54 Å². The minimum absolute atomic E-state index is 0.760. The maximum atomic E-state index is 3.97. The monoisotopic (exact) mass is 120 g/mol. The molecule has 0 aromatic carbocycles. The molecular formula is C7H8N2. The topological polar surface area (TPSA) is 17.8 Å². The van der Waals surface area contributed by atoms with Crippen LogP contribution in [0.25, 0.3) is 0 Å². The van der Waals surface area contributed by atoms with E-state index in [0.29, 0.717) is 0 Å². The Kier molecular flexibility index (Phi) is 1.89. The van der Waals surface area contributed by atoms with Crippen LogP contribution in [0.1, 0.15) is 0 Å². The van der Waals surface area contributed by atoms with Crippen molar-refractivity contribution < 1.29 is 0 Å². The quantitative estimate of drug-likeness (QED) is 0.536. The Morgan fingerprint density at radius 1 is 1.78 bits per heavy atom. The smallest absolute Gasteiger partial charge is 0.0663 e. The van der Waals surface area contributed by atoms with E-state index >= 15 is 0 Å². The van der Waals surface area contributed by atoms with Gasteiger partial charge in [-0.25, -0.2) is 0 Å². The fourth-order valence-corrected chi connectivity index (χ4v) is 0.567. The average Bonchev–Trinajstić information content (AvgIpc) is 2.34. The first-order valence-electron chi connectivity index (χ1n) is 2.75. The molecule has 1 aromatic heterocycles. The molecule has 0 atom stereocenters. The van der Waals surface area contributed by atoms with E-state index in [-0.39, 0.29) is 0 Å². The first-order valence-corrected chi connectivity index (χ1v) is 2.75. The summed E-state index contributed by atoms with van der Waals surface area (Å²) in [5, 5.41) is 3.97. The van der Waals surface area contributed by atoms with Crippen molar-refractivity contribution in [2.24, 2.45) is 0 Å². The van der Waals surface area contributed by atoms with Crippen molar-refractivity contribution in [3.05, 3.63) is 36.8 Å². The van der Waals surface area contributed by atoms with Gasteiger partial charge in [0, 0.05) is 12.4 Å². The second kappa shape index (κ2) is 2.90. The molecule has 46 valence electrons. The Morgan fingerprint density at radius 3 is 3.22 bits per heavy atom. The number of hydrogen-bond donors (Lipinski definition) is 0. The molecular weight excluding hydrogens is 112 g/mol. The van der Waals surface area contributed by atoms with E-state index in [2.05, 4.69) is 17.4 Å².